The van der Waals surface area contributed by atoms with Crippen LogP contribution in [-0.4, -0.2) is 39.1 Å². The normalized spacial score (nSPS) is 15.9. The topological polar surface area (TPSA) is 98.3 Å². The molecule has 0 saturated carbocycles. The molecule has 2 amide bonds. The lowest BCUT2D eigenvalue weighted by Crippen LogP contribution is -2.47. The Balaban J connectivity index is 1.79. The van der Waals surface area contributed by atoms with E-state index in [4.69, 9.17) is 14.2 Å². The Morgan fingerprint density at radius 3 is 2.39 bits per heavy atom. The van der Waals surface area contributed by atoms with E-state index in [9.17, 15) is 9.59 Å². The molecule has 8 nitrogen and oxygen atoms in total. The number of guanidine groups is 1. The number of hydrogen-bond acceptors (Lipinski definition) is 6. The zero-order valence-electron chi connectivity index (χ0n) is 15.8. The van der Waals surface area contributed by atoms with Crippen molar-refractivity contribution in [1.82, 2.24) is 10.6 Å². The van der Waals surface area contributed by atoms with Crippen molar-refractivity contribution in [1.29, 1.82) is 0 Å². The molecule has 28 heavy (non-hydrogen) atoms. The maximum Gasteiger partial charge on any atom is 0.258 e. The molecule has 146 valence electrons. The lowest BCUT2D eigenvalue weighted by atomic mass is 10.0. The van der Waals surface area contributed by atoms with Gasteiger partial charge in [0.25, 0.3) is 5.91 Å². The highest BCUT2D eigenvalue weighted by molar-refractivity contribution is 6.10. The average Bonchev–Trinajstić information content (AvgIpc) is 2.72. The molecule has 1 unspecified atom stereocenters. The third-order valence-electron chi connectivity index (χ3n) is 4.30. The van der Waals surface area contributed by atoms with Crippen molar-refractivity contribution in [2.45, 2.75) is 12.5 Å². The largest absolute Gasteiger partial charge is 0.497 e. The van der Waals surface area contributed by atoms with E-state index in [0.717, 1.165) is 11.3 Å². The van der Waals surface area contributed by atoms with E-state index in [1.165, 1.54) is 14.2 Å². The summed E-state index contributed by atoms with van der Waals surface area (Å²) in [5, 5.41) is 5.22. The number of hydrogen-bond donors (Lipinski definition) is 2. The standard InChI is InChI=1S/C20H21N3O5/c1-26-14-7-4-12(5-8-14)15-11-18(24)22-20(21-15)23-19(25)13-6-9-16(27-2)17(10-13)28-3/h4-10,15H,11H2,1-3H3,(H2,21,22,23,24,25). The molecule has 2 aromatic carbocycles. The smallest absolute Gasteiger partial charge is 0.258 e. The van der Waals surface area contributed by atoms with Crippen molar-refractivity contribution in [3.05, 3.63) is 53.6 Å². The zero-order chi connectivity index (χ0) is 20.1. The SMILES string of the molecule is COc1ccc(C2CC(=O)NC(NC(=O)c3ccc(OC)c(OC)c3)=N2)cc1. The average molecular weight is 383 g/mol. The maximum absolute atomic E-state index is 12.6. The number of nitrogens with zero attached hydrogens (tertiary/aromatic N) is 1. The summed E-state index contributed by atoms with van der Waals surface area (Å²) in [6.07, 6.45) is 0.196. The highest BCUT2D eigenvalue weighted by Crippen LogP contribution is 2.28. The Morgan fingerprint density at radius 1 is 1.04 bits per heavy atom. The Morgan fingerprint density at radius 2 is 1.75 bits per heavy atom. The van der Waals surface area contributed by atoms with Crippen LogP contribution in [0.5, 0.6) is 17.2 Å². The molecule has 2 aromatic rings. The van der Waals surface area contributed by atoms with Gasteiger partial charge in [0, 0.05) is 5.56 Å². The van der Waals surface area contributed by atoms with Gasteiger partial charge < -0.3 is 14.2 Å². The van der Waals surface area contributed by atoms with E-state index in [-0.39, 0.29) is 24.3 Å². The molecular weight excluding hydrogens is 362 g/mol. The van der Waals surface area contributed by atoms with Crippen LogP contribution in [-0.2, 0) is 4.79 Å². The summed E-state index contributed by atoms with van der Waals surface area (Å²) >= 11 is 0. The van der Waals surface area contributed by atoms with Crippen LogP contribution in [0, 0.1) is 0 Å². The van der Waals surface area contributed by atoms with Crippen molar-refractivity contribution >= 4 is 17.8 Å². The lowest BCUT2D eigenvalue weighted by Gasteiger charge is -2.21. The maximum atomic E-state index is 12.6. The summed E-state index contributed by atoms with van der Waals surface area (Å²) in [5.41, 5.74) is 1.20. The lowest BCUT2D eigenvalue weighted by molar-refractivity contribution is -0.120. The quantitative estimate of drug-likeness (QED) is 0.824. The Kier molecular flexibility index (Phi) is 5.78. The Bertz CT molecular complexity index is 909. The molecule has 0 spiro atoms. The van der Waals surface area contributed by atoms with Crippen molar-refractivity contribution in [2.24, 2.45) is 4.99 Å². The zero-order valence-corrected chi connectivity index (χ0v) is 15.8. The first-order valence-electron chi connectivity index (χ1n) is 8.59. The number of methoxy groups -OCH3 is 3. The van der Waals surface area contributed by atoms with E-state index in [0.29, 0.717) is 17.1 Å². The molecule has 1 aliphatic heterocycles. The van der Waals surface area contributed by atoms with Crippen molar-refractivity contribution in [2.75, 3.05) is 21.3 Å². The highest BCUT2D eigenvalue weighted by atomic mass is 16.5. The van der Waals surface area contributed by atoms with Gasteiger partial charge in [-0.15, -0.1) is 0 Å². The highest BCUT2D eigenvalue weighted by Gasteiger charge is 2.24. The van der Waals surface area contributed by atoms with Crippen molar-refractivity contribution in [3.8, 4) is 17.2 Å². The minimum Gasteiger partial charge on any atom is -0.497 e. The third kappa shape index (κ3) is 4.22. The second-order valence-electron chi connectivity index (χ2n) is 6.04. The molecule has 0 aliphatic carbocycles. The molecule has 8 heteroatoms. The van der Waals surface area contributed by atoms with E-state index in [1.807, 2.05) is 12.1 Å². The summed E-state index contributed by atoms with van der Waals surface area (Å²) in [6.45, 7) is 0. The summed E-state index contributed by atoms with van der Waals surface area (Å²) < 4.78 is 15.5. The molecule has 0 saturated heterocycles. The number of aliphatic imine (C=N–C) groups is 1. The number of carbonyl (C=O) groups excluding carboxylic acids is 2. The molecule has 0 fully saturated rings. The molecular formula is C20H21N3O5. The molecule has 1 atom stereocenters. The van der Waals surface area contributed by atoms with Crippen LogP contribution in [0.25, 0.3) is 0 Å². The van der Waals surface area contributed by atoms with E-state index in [1.54, 1.807) is 37.4 Å². The second kappa shape index (κ2) is 8.43. The fraction of sp³-hybridized carbons (Fsp3) is 0.250. The number of benzene rings is 2. The predicted octanol–water partition coefficient (Wildman–Crippen LogP) is 2.06. The number of carbonyl (C=O) groups is 2. The molecule has 1 aliphatic rings. The van der Waals surface area contributed by atoms with Crippen LogP contribution in [0.3, 0.4) is 0 Å². The number of ether oxygens (including phenoxy) is 3. The van der Waals surface area contributed by atoms with Gasteiger partial charge in [-0.2, -0.15) is 0 Å². The van der Waals surface area contributed by atoms with Crippen LogP contribution < -0.4 is 24.8 Å². The van der Waals surface area contributed by atoms with Gasteiger partial charge >= 0.3 is 0 Å². The first-order valence-corrected chi connectivity index (χ1v) is 8.59. The summed E-state index contributed by atoms with van der Waals surface area (Å²) in [7, 11) is 4.59. The van der Waals surface area contributed by atoms with Crippen LogP contribution >= 0.6 is 0 Å². The van der Waals surface area contributed by atoms with Crippen LogP contribution in [0.15, 0.2) is 47.5 Å². The molecule has 3 rings (SSSR count). The number of rotatable bonds is 5. The van der Waals surface area contributed by atoms with Gasteiger partial charge in [-0.3, -0.25) is 20.2 Å². The van der Waals surface area contributed by atoms with Gasteiger partial charge in [0.05, 0.1) is 33.8 Å². The van der Waals surface area contributed by atoms with Gasteiger partial charge in [0.1, 0.15) is 5.75 Å². The van der Waals surface area contributed by atoms with Crippen molar-refractivity contribution < 1.29 is 23.8 Å². The molecule has 0 aromatic heterocycles. The van der Waals surface area contributed by atoms with Crippen LogP contribution in [0.2, 0.25) is 0 Å². The molecule has 0 radical (unpaired) electrons. The van der Waals surface area contributed by atoms with E-state index in [2.05, 4.69) is 15.6 Å². The first-order chi connectivity index (χ1) is 13.5. The first kappa shape index (κ1) is 19.2. The second-order valence-corrected chi connectivity index (χ2v) is 6.04. The van der Waals surface area contributed by atoms with Crippen molar-refractivity contribution in [3.63, 3.8) is 0 Å². The molecule has 1 heterocycles. The molecule has 2 N–H and O–H groups in total. The van der Waals surface area contributed by atoms with Gasteiger partial charge in [0.15, 0.2) is 11.5 Å². The van der Waals surface area contributed by atoms with E-state index >= 15 is 0 Å². The summed E-state index contributed by atoms with van der Waals surface area (Å²) in [6, 6.07) is 11.7. The van der Waals surface area contributed by atoms with E-state index < -0.39 is 5.91 Å². The monoisotopic (exact) mass is 383 g/mol. The number of nitrogens with one attached hydrogen (secondary N) is 2. The molecule has 0 bridgehead atoms. The Hall–Kier alpha value is -3.55. The Labute approximate surface area is 162 Å². The van der Waals surface area contributed by atoms with Crippen LogP contribution in [0.1, 0.15) is 28.4 Å². The fourth-order valence-corrected chi connectivity index (χ4v) is 2.83. The van der Waals surface area contributed by atoms with Gasteiger partial charge in [-0.05, 0) is 35.9 Å². The number of amides is 2. The third-order valence-corrected chi connectivity index (χ3v) is 4.30. The van der Waals surface area contributed by atoms with Gasteiger partial charge in [-0.25, -0.2) is 4.99 Å². The minimum atomic E-state index is -0.421. The van der Waals surface area contributed by atoms with Gasteiger partial charge in [-0.1, -0.05) is 12.1 Å². The predicted molar refractivity (Wildman–Crippen MR) is 103 cm³/mol. The summed E-state index contributed by atoms with van der Waals surface area (Å²) in [4.78, 5) is 29.1. The fourth-order valence-electron chi connectivity index (χ4n) is 2.83. The van der Waals surface area contributed by atoms with Crippen LogP contribution in [0.4, 0.5) is 0 Å². The minimum absolute atomic E-state index is 0.108. The van der Waals surface area contributed by atoms with Gasteiger partial charge in [0.2, 0.25) is 11.9 Å². The summed E-state index contributed by atoms with van der Waals surface area (Å²) in [5.74, 6) is 1.13.